The van der Waals surface area contributed by atoms with Gasteiger partial charge < -0.3 is 9.80 Å². The molecule has 3 aliphatic heterocycles. The zero-order chi connectivity index (χ0) is 20.9. The molecule has 1 atom stereocenters. The first kappa shape index (κ1) is 20.3. The topological polar surface area (TPSA) is 90.9 Å². The minimum absolute atomic E-state index is 0.0621. The lowest BCUT2D eigenvalue weighted by Crippen LogP contribution is -2.53. The second-order valence-corrected chi connectivity index (χ2v) is 10.5. The number of pyridine rings is 1. The van der Waals surface area contributed by atoms with Gasteiger partial charge in [-0.05, 0) is 38.3 Å². The highest BCUT2D eigenvalue weighted by Crippen LogP contribution is 2.58. The van der Waals surface area contributed by atoms with E-state index in [2.05, 4.69) is 4.98 Å². The molecule has 2 spiro atoms. The molecule has 1 unspecified atom stereocenters. The van der Waals surface area contributed by atoms with E-state index in [4.69, 9.17) is 0 Å². The molecule has 3 fully saturated rings. The van der Waals surface area contributed by atoms with Crippen molar-refractivity contribution in [3.05, 3.63) is 30.1 Å². The van der Waals surface area contributed by atoms with Crippen molar-refractivity contribution >= 4 is 21.8 Å². The maximum Gasteiger partial charge on any atom is 0.255 e. The van der Waals surface area contributed by atoms with Gasteiger partial charge in [-0.2, -0.15) is 0 Å². The Labute approximate surface area is 171 Å². The van der Waals surface area contributed by atoms with E-state index in [9.17, 15) is 18.0 Å². The summed E-state index contributed by atoms with van der Waals surface area (Å²) in [6.07, 6.45) is 6.37. The number of piperidine rings is 1. The second-order valence-electron chi connectivity index (χ2n) is 8.56. The van der Waals surface area contributed by atoms with E-state index < -0.39 is 20.9 Å². The standard InChI is InChI=1S/C20H28N4O4S/c1-3-22-12-8-20(18(22)26)15-24(29(2,27)28)14-19(20)6-10-23(11-7-19)17(25)16-5-4-9-21-13-16/h4-5,9,13H,3,6-8,10-12,14-15H2,1-2H3. The van der Waals surface area contributed by atoms with E-state index in [1.807, 2.05) is 11.8 Å². The summed E-state index contributed by atoms with van der Waals surface area (Å²) in [6.45, 7) is 4.94. The predicted molar refractivity (Wildman–Crippen MR) is 108 cm³/mol. The van der Waals surface area contributed by atoms with Gasteiger partial charge in [-0.1, -0.05) is 0 Å². The molecule has 0 aliphatic carbocycles. The van der Waals surface area contributed by atoms with Crippen LogP contribution in [0.3, 0.4) is 0 Å². The number of carbonyl (C=O) groups excluding carboxylic acids is 2. The SMILES string of the molecule is CCN1CCC2(CN(S(C)(=O)=O)CC23CCN(C(=O)c2cccnc2)CC3)C1=O. The molecule has 1 aromatic rings. The Morgan fingerprint density at radius 1 is 1.17 bits per heavy atom. The van der Waals surface area contributed by atoms with Crippen LogP contribution in [0.2, 0.25) is 0 Å². The van der Waals surface area contributed by atoms with Crippen LogP contribution < -0.4 is 0 Å². The molecule has 4 heterocycles. The summed E-state index contributed by atoms with van der Waals surface area (Å²) in [5.74, 6) is 0.0195. The highest BCUT2D eigenvalue weighted by molar-refractivity contribution is 7.88. The van der Waals surface area contributed by atoms with Crippen molar-refractivity contribution in [1.29, 1.82) is 0 Å². The van der Waals surface area contributed by atoms with Crippen molar-refractivity contribution in [2.75, 3.05) is 45.5 Å². The number of aromatic nitrogens is 1. The average molecular weight is 421 g/mol. The maximum absolute atomic E-state index is 13.4. The van der Waals surface area contributed by atoms with E-state index in [0.29, 0.717) is 57.5 Å². The quantitative estimate of drug-likeness (QED) is 0.722. The van der Waals surface area contributed by atoms with Crippen LogP contribution in [0.25, 0.3) is 0 Å². The number of hydrogen-bond acceptors (Lipinski definition) is 5. The zero-order valence-corrected chi connectivity index (χ0v) is 17.8. The molecule has 0 radical (unpaired) electrons. The van der Waals surface area contributed by atoms with Crippen molar-refractivity contribution < 1.29 is 18.0 Å². The largest absolute Gasteiger partial charge is 0.342 e. The molecule has 158 valence electrons. The zero-order valence-electron chi connectivity index (χ0n) is 17.0. The van der Waals surface area contributed by atoms with E-state index in [1.54, 1.807) is 29.4 Å². The lowest BCUT2D eigenvalue weighted by Gasteiger charge is -2.46. The monoisotopic (exact) mass is 420 g/mol. The Hall–Kier alpha value is -2.00. The van der Waals surface area contributed by atoms with Crippen LogP contribution in [-0.4, -0.2) is 84.8 Å². The Bertz CT molecular complexity index is 912. The summed E-state index contributed by atoms with van der Waals surface area (Å²) < 4.78 is 26.2. The van der Waals surface area contributed by atoms with Crippen molar-refractivity contribution in [2.24, 2.45) is 10.8 Å². The van der Waals surface area contributed by atoms with Crippen LogP contribution in [-0.2, 0) is 14.8 Å². The van der Waals surface area contributed by atoms with Gasteiger partial charge in [-0.25, -0.2) is 12.7 Å². The number of fused-ring (bicyclic) bond motifs is 1. The highest BCUT2D eigenvalue weighted by Gasteiger charge is 2.66. The molecule has 0 bridgehead atoms. The van der Waals surface area contributed by atoms with Gasteiger partial charge in [0.15, 0.2) is 0 Å². The first-order chi connectivity index (χ1) is 13.7. The van der Waals surface area contributed by atoms with Crippen molar-refractivity contribution in [3.63, 3.8) is 0 Å². The fourth-order valence-electron chi connectivity index (χ4n) is 5.47. The molecule has 2 amide bonds. The van der Waals surface area contributed by atoms with E-state index in [0.717, 1.165) is 0 Å². The summed E-state index contributed by atoms with van der Waals surface area (Å²) in [5.41, 5.74) is -0.533. The third-order valence-electron chi connectivity index (χ3n) is 7.21. The number of hydrogen-bond donors (Lipinski definition) is 0. The fraction of sp³-hybridized carbons (Fsp3) is 0.650. The van der Waals surface area contributed by atoms with Gasteiger partial charge in [-0.15, -0.1) is 0 Å². The normalized spacial score (nSPS) is 27.3. The van der Waals surface area contributed by atoms with Crippen molar-refractivity contribution in [1.82, 2.24) is 19.1 Å². The lowest BCUT2D eigenvalue weighted by atomic mass is 9.60. The third-order valence-corrected chi connectivity index (χ3v) is 8.41. The Kier molecular flexibility index (Phi) is 4.93. The number of amides is 2. The molecule has 8 nitrogen and oxygen atoms in total. The lowest BCUT2D eigenvalue weighted by molar-refractivity contribution is -0.141. The molecule has 3 saturated heterocycles. The number of rotatable bonds is 3. The molecule has 3 aliphatic rings. The van der Waals surface area contributed by atoms with Crippen molar-refractivity contribution in [2.45, 2.75) is 26.2 Å². The average Bonchev–Trinajstić information content (AvgIpc) is 3.21. The highest BCUT2D eigenvalue weighted by atomic mass is 32.2. The number of sulfonamides is 1. The van der Waals surface area contributed by atoms with Crippen LogP contribution >= 0.6 is 0 Å². The van der Waals surface area contributed by atoms with Crippen LogP contribution in [0, 0.1) is 10.8 Å². The van der Waals surface area contributed by atoms with Gasteiger partial charge >= 0.3 is 0 Å². The molecule has 4 rings (SSSR count). The van der Waals surface area contributed by atoms with Crippen LogP contribution in [0.15, 0.2) is 24.5 Å². The van der Waals surface area contributed by atoms with Crippen LogP contribution in [0.5, 0.6) is 0 Å². The van der Waals surface area contributed by atoms with Gasteiger partial charge in [0.1, 0.15) is 0 Å². The molecule has 0 N–H and O–H groups in total. The van der Waals surface area contributed by atoms with Crippen molar-refractivity contribution in [3.8, 4) is 0 Å². The van der Waals surface area contributed by atoms with Gasteiger partial charge in [0.05, 0.1) is 17.2 Å². The molecule has 0 aromatic carbocycles. The van der Waals surface area contributed by atoms with E-state index in [-0.39, 0.29) is 18.4 Å². The number of nitrogens with zero attached hydrogens (tertiary/aromatic N) is 4. The molecule has 9 heteroatoms. The van der Waals surface area contributed by atoms with E-state index >= 15 is 0 Å². The summed E-state index contributed by atoms with van der Waals surface area (Å²) in [5, 5.41) is 0. The minimum Gasteiger partial charge on any atom is -0.342 e. The maximum atomic E-state index is 13.4. The first-order valence-electron chi connectivity index (χ1n) is 10.2. The fourth-order valence-corrected chi connectivity index (χ4v) is 6.41. The number of likely N-dealkylation sites (tertiary alicyclic amines) is 2. The summed E-state index contributed by atoms with van der Waals surface area (Å²) in [6, 6.07) is 3.49. The van der Waals surface area contributed by atoms with Gasteiger partial charge in [-0.3, -0.25) is 14.6 Å². The Morgan fingerprint density at radius 2 is 1.90 bits per heavy atom. The second kappa shape index (κ2) is 7.05. The van der Waals surface area contributed by atoms with Gasteiger partial charge in [0, 0.05) is 57.1 Å². The summed E-state index contributed by atoms with van der Waals surface area (Å²) >= 11 is 0. The van der Waals surface area contributed by atoms with Crippen LogP contribution in [0.1, 0.15) is 36.5 Å². The molecule has 1 aromatic heterocycles. The molecule has 29 heavy (non-hydrogen) atoms. The van der Waals surface area contributed by atoms with Crippen LogP contribution in [0.4, 0.5) is 0 Å². The summed E-state index contributed by atoms with van der Waals surface area (Å²) in [7, 11) is -3.39. The number of carbonyl (C=O) groups is 2. The molecular formula is C20H28N4O4S. The Balaban J connectivity index is 1.60. The third kappa shape index (κ3) is 3.15. The van der Waals surface area contributed by atoms with Gasteiger partial charge in [0.2, 0.25) is 15.9 Å². The summed E-state index contributed by atoms with van der Waals surface area (Å²) in [4.78, 5) is 33.8. The van der Waals surface area contributed by atoms with E-state index in [1.165, 1.54) is 10.6 Å². The Morgan fingerprint density at radius 3 is 2.45 bits per heavy atom. The first-order valence-corrected chi connectivity index (χ1v) is 12.0. The molecule has 0 saturated carbocycles. The smallest absolute Gasteiger partial charge is 0.255 e. The minimum atomic E-state index is -3.39. The van der Waals surface area contributed by atoms with Gasteiger partial charge in [0.25, 0.3) is 5.91 Å². The molecular weight excluding hydrogens is 392 g/mol. The predicted octanol–water partition coefficient (Wildman–Crippen LogP) is 0.818.